The number of carbonyl (C=O) groups excluding carboxylic acids is 2. The minimum atomic E-state index is -0.537. The number of thioether (sulfide) groups is 1. The number of rotatable bonds is 7. The maximum Gasteiger partial charge on any atom is 0.196 e. The van der Waals surface area contributed by atoms with Gasteiger partial charge in [-0.25, -0.2) is 0 Å². The molecule has 1 rings (SSSR count). The molecule has 1 aliphatic heterocycles. The molecule has 5 heteroatoms. The summed E-state index contributed by atoms with van der Waals surface area (Å²) in [7, 11) is 0. The zero-order valence-corrected chi connectivity index (χ0v) is 12.8. The van der Waals surface area contributed by atoms with Gasteiger partial charge >= 0.3 is 0 Å². The lowest BCUT2D eigenvalue weighted by Gasteiger charge is -2.28. The van der Waals surface area contributed by atoms with Crippen molar-refractivity contribution in [1.29, 1.82) is 0 Å². The highest BCUT2D eigenvalue weighted by Crippen LogP contribution is 2.20. The first-order chi connectivity index (χ1) is 9.04. The smallest absolute Gasteiger partial charge is 0.196 e. The molecule has 0 bridgehead atoms. The fourth-order valence-corrected chi connectivity index (χ4v) is 2.61. The summed E-state index contributed by atoms with van der Waals surface area (Å²) in [6, 6.07) is 0. The van der Waals surface area contributed by atoms with E-state index in [4.69, 9.17) is 9.47 Å². The van der Waals surface area contributed by atoms with Crippen LogP contribution < -0.4 is 0 Å². The van der Waals surface area contributed by atoms with Gasteiger partial charge < -0.3 is 9.47 Å². The van der Waals surface area contributed by atoms with E-state index in [1.807, 2.05) is 20.8 Å². The van der Waals surface area contributed by atoms with Gasteiger partial charge in [-0.1, -0.05) is 32.5 Å². The van der Waals surface area contributed by atoms with Gasteiger partial charge in [-0.3, -0.25) is 9.59 Å². The van der Waals surface area contributed by atoms with E-state index < -0.39 is 6.10 Å². The quantitative estimate of drug-likeness (QED) is 0.674. The average Bonchev–Trinajstić information content (AvgIpc) is 2.36. The average molecular weight is 288 g/mol. The van der Waals surface area contributed by atoms with E-state index >= 15 is 0 Å². The van der Waals surface area contributed by atoms with E-state index in [9.17, 15) is 9.59 Å². The molecule has 4 nitrogen and oxygen atoms in total. The molecule has 0 amide bonds. The predicted molar refractivity (Wildman–Crippen MR) is 76.1 cm³/mol. The molecule has 0 saturated carbocycles. The maximum atomic E-state index is 12.1. The minimum absolute atomic E-state index is 0.0475. The summed E-state index contributed by atoms with van der Waals surface area (Å²) in [5.74, 6) is 0.623. The largest absolute Gasteiger partial charge is 0.353 e. The van der Waals surface area contributed by atoms with Gasteiger partial charge in [0.05, 0.1) is 6.42 Å². The van der Waals surface area contributed by atoms with E-state index in [1.54, 1.807) is 0 Å². The number of hydrogen-bond acceptors (Lipinski definition) is 5. The molecule has 110 valence electrons. The highest BCUT2D eigenvalue weighted by molar-refractivity contribution is 8.13. The van der Waals surface area contributed by atoms with Crippen LogP contribution in [0.3, 0.4) is 0 Å². The SMILES string of the molecule is CCSC(=O)CC(=O)[C@@H](OC1CCCCO1)C(C)C. The van der Waals surface area contributed by atoms with Crippen LogP contribution in [-0.4, -0.2) is 35.7 Å². The number of carbonyl (C=O) groups is 2. The summed E-state index contributed by atoms with van der Waals surface area (Å²) < 4.78 is 11.3. The van der Waals surface area contributed by atoms with Gasteiger partial charge in [0.2, 0.25) is 0 Å². The third-order valence-corrected chi connectivity index (χ3v) is 3.74. The van der Waals surface area contributed by atoms with Crippen molar-refractivity contribution in [3.05, 3.63) is 0 Å². The van der Waals surface area contributed by atoms with Crippen molar-refractivity contribution in [2.45, 2.75) is 58.8 Å². The first kappa shape index (κ1) is 16.7. The maximum absolute atomic E-state index is 12.1. The van der Waals surface area contributed by atoms with Crippen LogP contribution in [0.1, 0.15) is 46.5 Å². The predicted octanol–water partition coefficient (Wildman–Crippen LogP) is 2.79. The molecule has 2 atom stereocenters. The van der Waals surface area contributed by atoms with Crippen molar-refractivity contribution in [3.8, 4) is 0 Å². The fraction of sp³-hybridized carbons (Fsp3) is 0.857. The molecule has 0 aliphatic carbocycles. The number of ketones is 1. The molecule has 1 unspecified atom stereocenters. The number of Topliss-reactive ketones (excluding diaryl/α,β-unsaturated/α-hetero) is 1. The van der Waals surface area contributed by atoms with Crippen molar-refractivity contribution in [1.82, 2.24) is 0 Å². The molecule has 0 aromatic rings. The summed E-state index contributed by atoms with van der Waals surface area (Å²) in [5.41, 5.74) is 0. The molecular weight excluding hydrogens is 264 g/mol. The van der Waals surface area contributed by atoms with E-state index in [2.05, 4.69) is 0 Å². The zero-order chi connectivity index (χ0) is 14.3. The molecule has 0 radical (unpaired) electrons. The Kier molecular flexibility index (Phi) is 7.64. The third kappa shape index (κ3) is 6.06. The van der Waals surface area contributed by atoms with E-state index in [1.165, 1.54) is 11.8 Å². The fourth-order valence-electron chi connectivity index (χ4n) is 2.04. The molecule has 0 aromatic heterocycles. The van der Waals surface area contributed by atoms with Crippen LogP contribution in [0.15, 0.2) is 0 Å². The molecule has 0 N–H and O–H groups in total. The second-order valence-corrected chi connectivity index (χ2v) is 6.37. The Morgan fingerprint density at radius 1 is 1.37 bits per heavy atom. The number of ether oxygens (including phenoxy) is 2. The monoisotopic (exact) mass is 288 g/mol. The van der Waals surface area contributed by atoms with Gasteiger partial charge in [0, 0.05) is 6.61 Å². The molecule has 1 heterocycles. The third-order valence-electron chi connectivity index (χ3n) is 2.98. The van der Waals surface area contributed by atoms with E-state index in [0.29, 0.717) is 12.4 Å². The Morgan fingerprint density at radius 3 is 2.63 bits per heavy atom. The molecule has 0 spiro atoms. The molecule has 1 fully saturated rings. The summed E-state index contributed by atoms with van der Waals surface area (Å²) in [4.78, 5) is 23.7. The first-order valence-electron chi connectivity index (χ1n) is 7.00. The van der Waals surface area contributed by atoms with Gasteiger partial charge in [-0.2, -0.15) is 0 Å². The molecular formula is C14H24O4S. The Labute approximate surface area is 119 Å². The van der Waals surface area contributed by atoms with Gasteiger partial charge in [0.1, 0.15) is 6.10 Å². The van der Waals surface area contributed by atoms with Crippen LogP contribution in [0.4, 0.5) is 0 Å². The first-order valence-corrected chi connectivity index (χ1v) is 7.98. The lowest BCUT2D eigenvalue weighted by atomic mass is 10.0. The number of hydrogen-bond donors (Lipinski definition) is 0. The van der Waals surface area contributed by atoms with Gasteiger partial charge in [-0.05, 0) is 30.9 Å². The van der Waals surface area contributed by atoms with Crippen molar-refractivity contribution >= 4 is 22.7 Å². The molecule has 19 heavy (non-hydrogen) atoms. The second kappa shape index (κ2) is 8.72. The van der Waals surface area contributed by atoms with Crippen molar-refractivity contribution in [2.24, 2.45) is 5.92 Å². The van der Waals surface area contributed by atoms with Gasteiger partial charge in [0.25, 0.3) is 0 Å². The van der Waals surface area contributed by atoms with Crippen LogP contribution in [0.2, 0.25) is 0 Å². The van der Waals surface area contributed by atoms with Crippen LogP contribution in [0, 0.1) is 5.92 Å². The highest BCUT2D eigenvalue weighted by Gasteiger charge is 2.29. The Hall–Kier alpha value is -0.390. The Morgan fingerprint density at radius 2 is 2.11 bits per heavy atom. The minimum Gasteiger partial charge on any atom is -0.353 e. The van der Waals surface area contributed by atoms with Crippen LogP contribution in [-0.2, 0) is 19.1 Å². The van der Waals surface area contributed by atoms with Crippen LogP contribution >= 0.6 is 11.8 Å². The lowest BCUT2D eigenvalue weighted by Crippen LogP contribution is -2.37. The lowest BCUT2D eigenvalue weighted by molar-refractivity contribution is -0.198. The summed E-state index contributed by atoms with van der Waals surface area (Å²) in [6.45, 7) is 6.46. The van der Waals surface area contributed by atoms with Crippen LogP contribution in [0.25, 0.3) is 0 Å². The van der Waals surface area contributed by atoms with Crippen molar-refractivity contribution in [2.75, 3.05) is 12.4 Å². The van der Waals surface area contributed by atoms with E-state index in [0.717, 1.165) is 19.3 Å². The van der Waals surface area contributed by atoms with Crippen molar-refractivity contribution in [3.63, 3.8) is 0 Å². The van der Waals surface area contributed by atoms with Crippen LogP contribution in [0.5, 0.6) is 0 Å². The molecule has 1 saturated heterocycles. The van der Waals surface area contributed by atoms with Gasteiger partial charge in [0.15, 0.2) is 17.2 Å². The zero-order valence-electron chi connectivity index (χ0n) is 12.0. The van der Waals surface area contributed by atoms with E-state index in [-0.39, 0.29) is 29.5 Å². The summed E-state index contributed by atoms with van der Waals surface area (Å²) in [6.07, 6.45) is 2.06. The second-order valence-electron chi connectivity index (χ2n) is 5.04. The molecule has 1 aliphatic rings. The normalized spacial score (nSPS) is 21.4. The summed E-state index contributed by atoms with van der Waals surface area (Å²) in [5, 5.41) is -0.0775. The standard InChI is InChI=1S/C14H24O4S/c1-4-19-12(16)9-11(15)14(10(2)3)18-13-7-5-6-8-17-13/h10,13-14H,4-9H2,1-3H3/t13?,14-/m0/s1. The Bertz CT molecular complexity index is 298. The van der Waals surface area contributed by atoms with Crippen molar-refractivity contribution < 1.29 is 19.1 Å². The topological polar surface area (TPSA) is 52.6 Å². The molecule has 0 aromatic carbocycles. The van der Waals surface area contributed by atoms with Gasteiger partial charge in [-0.15, -0.1) is 0 Å². The summed E-state index contributed by atoms with van der Waals surface area (Å²) >= 11 is 1.19. The highest BCUT2D eigenvalue weighted by atomic mass is 32.2. The Balaban J connectivity index is 2.50.